The highest BCUT2D eigenvalue weighted by Gasteiger charge is 2.39. The smallest absolute Gasteiger partial charge is 0.191 e. The normalized spacial score (nSPS) is 34.5. The largest absolute Gasteiger partial charge is 0.355 e. The van der Waals surface area contributed by atoms with E-state index in [1.165, 1.54) is 43.7 Å². The summed E-state index contributed by atoms with van der Waals surface area (Å²) in [6, 6.07) is 2.10. The molecule has 3 rings (SSSR count). The van der Waals surface area contributed by atoms with Crippen molar-refractivity contribution in [1.82, 2.24) is 20.4 Å². The van der Waals surface area contributed by atoms with Crippen molar-refractivity contribution in [2.24, 2.45) is 4.99 Å². The summed E-state index contributed by atoms with van der Waals surface area (Å²) in [4.78, 5) is 9.53. The van der Waals surface area contributed by atoms with E-state index in [0.717, 1.165) is 18.5 Å². The van der Waals surface area contributed by atoms with Gasteiger partial charge >= 0.3 is 0 Å². The second-order valence-electron chi connectivity index (χ2n) is 7.70. The molecular weight excluding hydrogens is 433 g/mol. The lowest BCUT2D eigenvalue weighted by atomic mass is 9.97. The average Bonchev–Trinajstić information content (AvgIpc) is 3.13. The second-order valence-corrected chi connectivity index (χ2v) is 8.81. The molecule has 0 bridgehead atoms. The van der Waals surface area contributed by atoms with Crippen molar-refractivity contribution in [3.63, 3.8) is 0 Å². The van der Waals surface area contributed by atoms with Crippen molar-refractivity contribution < 1.29 is 0 Å². The molecule has 3 unspecified atom stereocenters. The number of nitrogens with zero attached hydrogens (tertiary/aromatic N) is 3. The molecule has 3 aliphatic rings. The Hall–Kier alpha value is 0.270. The number of likely N-dealkylation sites (N-methyl/N-ethyl adjacent to an activating group) is 1. The summed E-state index contributed by atoms with van der Waals surface area (Å²) >= 11 is 2.06. The fourth-order valence-electron chi connectivity index (χ4n) is 3.96. The predicted octanol–water partition coefficient (Wildman–Crippen LogP) is 1.83. The molecule has 1 saturated carbocycles. The molecule has 2 saturated heterocycles. The van der Waals surface area contributed by atoms with Crippen molar-refractivity contribution in [2.45, 2.75) is 56.3 Å². The SMILES string of the molecule is CN=C(NCC1(N(C)C)CCSC1)NC1CC(C)N(C2CC2)C1.I. The first-order chi connectivity index (χ1) is 11.0. The summed E-state index contributed by atoms with van der Waals surface area (Å²) in [5.41, 5.74) is 0.269. The minimum atomic E-state index is 0. The molecule has 3 fully saturated rings. The Bertz CT molecular complexity index is 435. The minimum absolute atomic E-state index is 0. The first-order valence-corrected chi connectivity index (χ1v) is 10.2. The molecule has 2 N–H and O–H groups in total. The van der Waals surface area contributed by atoms with E-state index in [0.29, 0.717) is 12.1 Å². The van der Waals surface area contributed by atoms with Crippen LogP contribution in [0.2, 0.25) is 0 Å². The van der Waals surface area contributed by atoms with Gasteiger partial charge in [0.05, 0.1) is 0 Å². The van der Waals surface area contributed by atoms with E-state index in [2.05, 4.69) is 58.2 Å². The molecule has 0 spiro atoms. The molecule has 0 aromatic rings. The maximum absolute atomic E-state index is 4.46. The number of nitrogens with one attached hydrogen (secondary N) is 2. The van der Waals surface area contributed by atoms with Crippen LogP contribution in [0.15, 0.2) is 4.99 Å². The molecule has 0 radical (unpaired) electrons. The molecule has 0 aromatic carbocycles. The third kappa shape index (κ3) is 4.71. The van der Waals surface area contributed by atoms with Crippen LogP contribution >= 0.6 is 35.7 Å². The Morgan fingerprint density at radius 1 is 1.38 bits per heavy atom. The lowest BCUT2D eigenvalue weighted by Gasteiger charge is -2.36. The Labute approximate surface area is 168 Å². The second kappa shape index (κ2) is 8.77. The number of aliphatic imine (C=N–C) groups is 1. The fourth-order valence-corrected chi connectivity index (χ4v) is 5.51. The van der Waals surface area contributed by atoms with Gasteiger partial charge in [-0.3, -0.25) is 9.89 Å². The molecule has 7 heteroatoms. The highest BCUT2D eigenvalue weighted by molar-refractivity contribution is 14.0. The van der Waals surface area contributed by atoms with Crippen LogP contribution in [-0.2, 0) is 0 Å². The lowest BCUT2D eigenvalue weighted by molar-refractivity contribution is 0.183. The number of hydrogen-bond donors (Lipinski definition) is 2. The number of thioether (sulfide) groups is 1. The Balaban J connectivity index is 0.00000208. The molecule has 3 atom stereocenters. The van der Waals surface area contributed by atoms with Crippen molar-refractivity contribution >= 4 is 41.7 Å². The number of guanidine groups is 1. The summed E-state index contributed by atoms with van der Waals surface area (Å²) in [5, 5.41) is 7.26. The van der Waals surface area contributed by atoms with Crippen LogP contribution in [0.4, 0.5) is 0 Å². The van der Waals surface area contributed by atoms with Gasteiger partial charge in [-0.05, 0) is 52.5 Å². The quantitative estimate of drug-likeness (QED) is 0.367. The van der Waals surface area contributed by atoms with Crippen LogP contribution in [0.3, 0.4) is 0 Å². The number of halogens is 1. The van der Waals surface area contributed by atoms with Crippen LogP contribution in [-0.4, -0.2) is 85.2 Å². The molecule has 2 aliphatic heterocycles. The molecule has 24 heavy (non-hydrogen) atoms. The van der Waals surface area contributed by atoms with Crippen LogP contribution in [0.25, 0.3) is 0 Å². The van der Waals surface area contributed by atoms with Crippen LogP contribution in [0.1, 0.15) is 32.6 Å². The van der Waals surface area contributed by atoms with E-state index in [1.807, 2.05) is 7.05 Å². The predicted molar refractivity (Wildman–Crippen MR) is 116 cm³/mol. The van der Waals surface area contributed by atoms with Crippen LogP contribution in [0, 0.1) is 0 Å². The third-order valence-corrected chi connectivity index (χ3v) is 7.05. The van der Waals surface area contributed by atoms with E-state index in [1.54, 1.807) is 0 Å². The maximum atomic E-state index is 4.46. The molecule has 0 amide bonds. The van der Waals surface area contributed by atoms with Crippen molar-refractivity contribution in [1.29, 1.82) is 0 Å². The van der Waals surface area contributed by atoms with Crippen molar-refractivity contribution in [3.8, 4) is 0 Å². The van der Waals surface area contributed by atoms with E-state index >= 15 is 0 Å². The van der Waals surface area contributed by atoms with Gasteiger partial charge in [0.2, 0.25) is 0 Å². The van der Waals surface area contributed by atoms with E-state index in [4.69, 9.17) is 0 Å². The summed E-state index contributed by atoms with van der Waals surface area (Å²) in [7, 11) is 6.30. The van der Waals surface area contributed by atoms with Gasteiger partial charge in [-0.25, -0.2) is 0 Å². The van der Waals surface area contributed by atoms with Gasteiger partial charge in [0.15, 0.2) is 5.96 Å². The van der Waals surface area contributed by atoms with Crippen molar-refractivity contribution in [3.05, 3.63) is 0 Å². The Morgan fingerprint density at radius 2 is 2.12 bits per heavy atom. The molecule has 0 aromatic heterocycles. The topological polar surface area (TPSA) is 42.9 Å². The zero-order chi connectivity index (χ0) is 16.4. The third-order valence-electron chi connectivity index (χ3n) is 5.82. The first-order valence-electron chi connectivity index (χ1n) is 9.02. The number of hydrogen-bond acceptors (Lipinski definition) is 4. The van der Waals surface area contributed by atoms with Crippen LogP contribution < -0.4 is 10.6 Å². The molecule has 1 aliphatic carbocycles. The summed E-state index contributed by atoms with van der Waals surface area (Å²) in [6.07, 6.45) is 5.27. The van der Waals surface area contributed by atoms with Gasteiger partial charge in [0.25, 0.3) is 0 Å². The Kier molecular flexibility index (Phi) is 7.52. The van der Waals surface area contributed by atoms with Crippen molar-refractivity contribution in [2.75, 3.05) is 45.7 Å². The van der Waals surface area contributed by atoms with Gasteiger partial charge in [0, 0.05) is 49.6 Å². The molecular formula is C17H34IN5S. The van der Waals surface area contributed by atoms with Crippen LogP contribution in [0.5, 0.6) is 0 Å². The zero-order valence-electron chi connectivity index (χ0n) is 15.5. The maximum Gasteiger partial charge on any atom is 0.191 e. The average molecular weight is 467 g/mol. The van der Waals surface area contributed by atoms with Gasteiger partial charge < -0.3 is 15.5 Å². The number of likely N-dealkylation sites (tertiary alicyclic amines) is 1. The molecule has 140 valence electrons. The summed E-state index contributed by atoms with van der Waals surface area (Å²) in [5.74, 6) is 3.44. The standard InChI is InChI=1S/C17H33N5S.HI/c1-13-9-14(10-22(13)15-5-6-15)20-16(18-2)19-11-17(21(3)4)7-8-23-12-17;/h13-15H,5-12H2,1-4H3,(H2,18,19,20);1H. The van der Waals surface area contributed by atoms with E-state index in [-0.39, 0.29) is 29.5 Å². The minimum Gasteiger partial charge on any atom is -0.355 e. The first kappa shape index (κ1) is 20.6. The zero-order valence-corrected chi connectivity index (χ0v) is 18.7. The fraction of sp³-hybridized carbons (Fsp3) is 0.941. The summed E-state index contributed by atoms with van der Waals surface area (Å²) in [6.45, 7) is 4.51. The lowest BCUT2D eigenvalue weighted by Crippen LogP contribution is -2.55. The highest BCUT2D eigenvalue weighted by Crippen LogP contribution is 2.33. The van der Waals surface area contributed by atoms with Gasteiger partial charge in [-0.15, -0.1) is 24.0 Å². The van der Waals surface area contributed by atoms with E-state index < -0.39 is 0 Å². The highest BCUT2D eigenvalue weighted by atomic mass is 127. The Morgan fingerprint density at radius 3 is 2.67 bits per heavy atom. The van der Waals surface area contributed by atoms with Gasteiger partial charge in [0.1, 0.15) is 0 Å². The summed E-state index contributed by atoms with van der Waals surface area (Å²) < 4.78 is 0. The van der Waals surface area contributed by atoms with Gasteiger partial charge in [-0.2, -0.15) is 11.8 Å². The monoisotopic (exact) mass is 467 g/mol. The van der Waals surface area contributed by atoms with E-state index in [9.17, 15) is 0 Å². The molecule has 5 nitrogen and oxygen atoms in total. The molecule has 2 heterocycles. The number of rotatable bonds is 5. The van der Waals surface area contributed by atoms with Gasteiger partial charge in [-0.1, -0.05) is 0 Å².